The summed E-state index contributed by atoms with van der Waals surface area (Å²) in [6.45, 7) is 3.65. The number of hydrogen-bond donors (Lipinski definition) is 1. The van der Waals surface area contributed by atoms with Crippen LogP contribution in [0.2, 0.25) is 0 Å². The lowest BCUT2D eigenvalue weighted by Crippen LogP contribution is -2.42. The summed E-state index contributed by atoms with van der Waals surface area (Å²) in [5, 5.41) is 2.88. The van der Waals surface area contributed by atoms with Gasteiger partial charge in [-0.1, -0.05) is 31.7 Å². The van der Waals surface area contributed by atoms with Gasteiger partial charge in [0.15, 0.2) is 0 Å². The predicted octanol–water partition coefficient (Wildman–Crippen LogP) is 3.72. The molecule has 1 heterocycles. The van der Waals surface area contributed by atoms with Gasteiger partial charge in [-0.15, -0.1) is 0 Å². The zero-order valence-electron chi connectivity index (χ0n) is 17.4. The Hall–Kier alpha value is -1.44. The maximum atomic E-state index is 13.0. The van der Waals surface area contributed by atoms with E-state index in [0.717, 1.165) is 38.5 Å². The Morgan fingerprint density at radius 2 is 1.90 bits per heavy atom. The van der Waals surface area contributed by atoms with Crippen molar-refractivity contribution in [2.75, 3.05) is 19.7 Å². The molecule has 1 aromatic carbocycles. The monoisotopic (exact) mass is 422 g/mol. The zero-order chi connectivity index (χ0) is 20.7. The number of amides is 1. The number of carbonyl (C=O) groups excluding carboxylic acids is 1. The molecule has 0 aromatic heterocycles. The largest absolute Gasteiger partial charge is 0.378 e. The quantitative estimate of drug-likeness (QED) is 0.648. The number of nitrogens with one attached hydrogen (secondary N) is 1. The van der Waals surface area contributed by atoms with Gasteiger partial charge in [-0.25, -0.2) is 8.42 Å². The summed E-state index contributed by atoms with van der Waals surface area (Å²) >= 11 is 0. The highest BCUT2D eigenvalue weighted by Gasteiger charge is 2.31. The normalized spacial score (nSPS) is 21.8. The first-order chi connectivity index (χ1) is 14.0. The molecule has 1 atom stereocenters. The molecule has 7 heteroatoms. The van der Waals surface area contributed by atoms with Gasteiger partial charge in [-0.3, -0.25) is 4.79 Å². The lowest BCUT2D eigenvalue weighted by molar-refractivity contribution is 0.0273. The minimum atomic E-state index is -3.58. The average molecular weight is 423 g/mol. The fourth-order valence-corrected chi connectivity index (χ4v) is 5.97. The van der Waals surface area contributed by atoms with Crippen LogP contribution in [0.4, 0.5) is 0 Å². The summed E-state index contributed by atoms with van der Waals surface area (Å²) in [7, 11) is -3.58. The summed E-state index contributed by atoms with van der Waals surface area (Å²) in [4.78, 5) is 12.7. The van der Waals surface area contributed by atoms with Crippen LogP contribution in [0, 0.1) is 0 Å². The molecule has 0 radical (unpaired) electrons. The smallest absolute Gasteiger partial charge is 0.251 e. The molecule has 0 unspecified atom stereocenters. The zero-order valence-corrected chi connectivity index (χ0v) is 18.3. The van der Waals surface area contributed by atoms with E-state index in [9.17, 15) is 13.2 Å². The minimum Gasteiger partial charge on any atom is -0.378 e. The Balaban J connectivity index is 1.51. The highest BCUT2D eigenvalue weighted by molar-refractivity contribution is 7.89. The van der Waals surface area contributed by atoms with Crippen molar-refractivity contribution in [1.82, 2.24) is 9.62 Å². The molecule has 1 saturated carbocycles. The Kier molecular flexibility index (Phi) is 8.09. The molecule has 2 aliphatic rings. The van der Waals surface area contributed by atoms with E-state index in [-0.39, 0.29) is 16.8 Å². The molecule has 1 aromatic rings. The van der Waals surface area contributed by atoms with Crippen LogP contribution in [-0.4, -0.2) is 50.5 Å². The van der Waals surface area contributed by atoms with Crippen LogP contribution in [0.5, 0.6) is 0 Å². The SMILES string of the molecule is C[C@@H]1CCCCN1S(=O)(=O)c1cccc(C(=O)NCCCOC2CCCCC2)c1. The molecule has 1 aliphatic carbocycles. The standard InChI is InChI=1S/C22H34N2O4S/c1-18-9-5-6-15-24(18)29(26,27)21-13-7-10-19(17-21)22(25)23-14-8-16-28-20-11-3-2-4-12-20/h7,10,13,17-18,20H,2-6,8-9,11-12,14-16H2,1H3,(H,23,25)/t18-/m1/s1. The van der Waals surface area contributed by atoms with Crippen LogP contribution in [0.25, 0.3) is 0 Å². The third-order valence-electron chi connectivity index (χ3n) is 5.96. The summed E-state index contributed by atoms with van der Waals surface area (Å²) in [6, 6.07) is 6.36. The number of ether oxygens (including phenoxy) is 1. The molecule has 1 N–H and O–H groups in total. The number of sulfonamides is 1. The summed E-state index contributed by atoms with van der Waals surface area (Å²) < 4.78 is 33.4. The molecule has 2 fully saturated rings. The first-order valence-corrected chi connectivity index (χ1v) is 12.4. The van der Waals surface area contributed by atoms with Crippen LogP contribution in [-0.2, 0) is 14.8 Å². The molecule has 0 bridgehead atoms. The van der Waals surface area contributed by atoms with Crippen molar-refractivity contribution in [3.63, 3.8) is 0 Å². The van der Waals surface area contributed by atoms with Gasteiger partial charge >= 0.3 is 0 Å². The third-order valence-corrected chi connectivity index (χ3v) is 7.97. The number of benzene rings is 1. The van der Waals surface area contributed by atoms with Crippen molar-refractivity contribution in [3.05, 3.63) is 29.8 Å². The number of nitrogens with zero attached hydrogens (tertiary/aromatic N) is 1. The second-order valence-electron chi connectivity index (χ2n) is 8.23. The van der Waals surface area contributed by atoms with E-state index in [1.54, 1.807) is 22.5 Å². The molecule has 0 spiro atoms. The van der Waals surface area contributed by atoms with Crippen molar-refractivity contribution >= 4 is 15.9 Å². The molecule has 162 valence electrons. The summed E-state index contributed by atoms with van der Waals surface area (Å²) in [5.41, 5.74) is 0.379. The van der Waals surface area contributed by atoms with E-state index in [4.69, 9.17) is 4.74 Å². The molecule has 1 aliphatic heterocycles. The average Bonchev–Trinajstić information content (AvgIpc) is 2.74. The Morgan fingerprint density at radius 1 is 1.14 bits per heavy atom. The molecule has 1 amide bonds. The molecule has 29 heavy (non-hydrogen) atoms. The van der Waals surface area contributed by atoms with Gasteiger partial charge in [0, 0.05) is 31.3 Å². The highest BCUT2D eigenvalue weighted by Crippen LogP contribution is 2.25. The van der Waals surface area contributed by atoms with Crippen LogP contribution < -0.4 is 5.32 Å². The van der Waals surface area contributed by atoms with Gasteiger partial charge in [0.1, 0.15) is 0 Å². The Labute approximate surface area is 175 Å². The van der Waals surface area contributed by atoms with E-state index in [0.29, 0.717) is 31.4 Å². The maximum Gasteiger partial charge on any atom is 0.251 e. The molecule has 6 nitrogen and oxygen atoms in total. The fourth-order valence-electron chi connectivity index (χ4n) is 4.22. The number of rotatable bonds is 8. The molecule has 1 saturated heterocycles. The van der Waals surface area contributed by atoms with Gasteiger partial charge in [-0.2, -0.15) is 4.31 Å². The van der Waals surface area contributed by atoms with Crippen molar-refractivity contribution < 1.29 is 17.9 Å². The lowest BCUT2D eigenvalue weighted by atomic mass is 9.98. The number of hydrogen-bond acceptors (Lipinski definition) is 4. The molecular weight excluding hydrogens is 388 g/mol. The minimum absolute atomic E-state index is 0.00426. The second kappa shape index (κ2) is 10.5. The van der Waals surface area contributed by atoms with E-state index < -0.39 is 10.0 Å². The van der Waals surface area contributed by atoms with Crippen LogP contribution >= 0.6 is 0 Å². The molecular formula is C22H34N2O4S. The Morgan fingerprint density at radius 3 is 2.66 bits per heavy atom. The number of piperidine rings is 1. The topological polar surface area (TPSA) is 75.7 Å². The van der Waals surface area contributed by atoms with Crippen molar-refractivity contribution in [2.24, 2.45) is 0 Å². The number of carbonyl (C=O) groups is 1. The summed E-state index contributed by atoms with van der Waals surface area (Å²) in [5.74, 6) is -0.244. The lowest BCUT2D eigenvalue weighted by Gasteiger charge is -2.32. The highest BCUT2D eigenvalue weighted by atomic mass is 32.2. The summed E-state index contributed by atoms with van der Waals surface area (Å²) in [6.07, 6.45) is 10.0. The molecule has 3 rings (SSSR count). The van der Waals surface area contributed by atoms with Crippen LogP contribution in [0.3, 0.4) is 0 Å². The van der Waals surface area contributed by atoms with Gasteiger partial charge in [-0.05, 0) is 57.2 Å². The predicted molar refractivity (Wildman–Crippen MR) is 113 cm³/mol. The van der Waals surface area contributed by atoms with E-state index in [1.807, 2.05) is 6.92 Å². The second-order valence-corrected chi connectivity index (χ2v) is 10.1. The van der Waals surface area contributed by atoms with Crippen molar-refractivity contribution in [3.8, 4) is 0 Å². The van der Waals surface area contributed by atoms with Crippen LogP contribution in [0.1, 0.15) is 75.1 Å². The first kappa shape index (κ1) is 22.2. The first-order valence-electron chi connectivity index (χ1n) is 11.0. The Bertz CT molecular complexity index is 775. The van der Waals surface area contributed by atoms with Gasteiger partial charge in [0.05, 0.1) is 11.0 Å². The maximum absolute atomic E-state index is 13.0. The third kappa shape index (κ3) is 6.03. The van der Waals surface area contributed by atoms with E-state index >= 15 is 0 Å². The van der Waals surface area contributed by atoms with E-state index in [2.05, 4.69) is 5.32 Å². The fraction of sp³-hybridized carbons (Fsp3) is 0.682. The van der Waals surface area contributed by atoms with Crippen molar-refractivity contribution in [1.29, 1.82) is 0 Å². The van der Waals surface area contributed by atoms with Gasteiger partial charge in [0.2, 0.25) is 10.0 Å². The van der Waals surface area contributed by atoms with Crippen molar-refractivity contribution in [2.45, 2.75) is 81.8 Å². The van der Waals surface area contributed by atoms with E-state index in [1.165, 1.54) is 25.3 Å². The van der Waals surface area contributed by atoms with Gasteiger partial charge < -0.3 is 10.1 Å². The van der Waals surface area contributed by atoms with Crippen LogP contribution in [0.15, 0.2) is 29.2 Å². The van der Waals surface area contributed by atoms with Gasteiger partial charge in [0.25, 0.3) is 5.91 Å².